The lowest BCUT2D eigenvalue weighted by molar-refractivity contribution is -0.151. The molecule has 3 saturated carbocycles. The Morgan fingerprint density at radius 1 is 0.641 bits per heavy atom. The van der Waals surface area contributed by atoms with Crippen LogP contribution in [0, 0.1) is 46.3 Å². The van der Waals surface area contributed by atoms with Crippen molar-refractivity contribution in [3.05, 3.63) is 11.6 Å². The minimum Gasteiger partial charge on any atom is -0.462 e. The third-order valence-electron chi connectivity index (χ3n) is 17.8. The van der Waals surface area contributed by atoms with E-state index in [0.717, 1.165) is 100 Å². The lowest BCUT2D eigenvalue weighted by Crippen LogP contribution is -2.51. The molecule has 0 aromatic heterocycles. The molecule has 5 heteroatoms. The van der Waals surface area contributed by atoms with Crippen molar-refractivity contribution >= 4 is 5.97 Å². The smallest absolute Gasteiger partial charge is 0.306 e. The van der Waals surface area contributed by atoms with E-state index in [1.807, 2.05) is 0 Å². The maximum atomic E-state index is 13.2. The molecule has 0 radical (unpaired) electrons. The van der Waals surface area contributed by atoms with Gasteiger partial charge in [0.2, 0.25) is 0 Å². The predicted molar refractivity (Wildman–Crippen MR) is 274 cm³/mol. The third-order valence-corrected chi connectivity index (χ3v) is 17.8. The van der Waals surface area contributed by atoms with E-state index in [9.17, 15) is 4.79 Å². The number of hydrogen-bond acceptors (Lipinski definition) is 5. The molecule has 4 aliphatic carbocycles. The van der Waals surface area contributed by atoms with Crippen molar-refractivity contribution in [2.45, 2.75) is 280 Å². The van der Waals surface area contributed by atoms with Crippen molar-refractivity contribution in [2.75, 3.05) is 32.8 Å². The first-order chi connectivity index (χ1) is 31.0. The van der Waals surface area contributed by atoms with Gasteiger partial charge in [0.1, 0.15) is 6.10 Å². The lowest BCUT2D eigenvalue weighted by atomic mass is 9.47. The second kappa shape index (κ2) is 31.3. The number of unbranched alkanes of at least 4 members (excludes halogenated alkanes) is 15. The third kappa shape index (κ3) is 18.5. The summed E-state index contributed by atoms with van der Waals surface area (Å²) in [5.41, 5.74) is 2.48. The summed E-state index contributed by atoms with van der Waals surface area (Å²) >= 11 is 0. The second-order valence-corrected chi connectivity index (χ2v) is 23.2. The molecule has 0 saturated heterocycles. The van der Waals surface area contributed by atoms with Crippen LogP contribution in [-0.2, 0) is 19.0 Å². The van der Waals surface area contributed by atoms with Crippen LogP contribution in [0.2, 0.25) is 0 Å². The summed E-state index contributed by atoms with van der Waals surface area (Å²) in [6.07, 6.45) is 43.8. The molecule has 0 spiro atoms. The van der Waals surface area contributed by atoms with Gasteiger partial charge in [0.15, 0.2) is 6.29 Å². The van der Waals surface area contributed by atoms with Crippen LogP contribution >= 0.6 is 0 Å². The molecule has 4 aliphatic rings. The summed E-state index contributed by atoms with van der Waals surface area (Å²) < 4.78 is 18.9. The first-order valence-electron chi connectivity index (χ1n) is 28.9. The van der Waals surface area contributed by atoms with Crippen molar-refractivity contribution in [1.82, 2.24) is 4.90 Å². The van der Waals surface area contributed by atoms with Crippen molar-refractivity contribution in [3.8, 4) is 0 Å². The molecule has 0 aromatic carbocycles. The van der Waals surface area contributed by atoms with E-state index in [2.05, 4.69) is 66.4 Å². The minimum absolute atomic E-state index is 0.0311. The zero-order chi connectivity index (χ0) is 46.0. The van der Waals surface area contributed by atoms with Crippen LogP contribution in [0.4, 0.5) is 0 Å². The average molecular weight is 897 g/mol. The van der Waals surface area contributed by atoms with E-state index in [1.54, 1.807) is 5.57 Å². The van der Waals surface area contributed by atoms with Gasteiger partial charge in [-0.05, 0) is 162 Å². The van der Waals surface area contributed by atoms with E-state index < -0.39 is 0 Å². The maximum absolute atomic E-state index is 13.2. The molecule has 4 rings (SSSR count). The molecule has 5 nitrogen and oxygen atoms in total. The van der Waals surface area contributed by atoms with Gasteiger partial charge in [-0.25, -0.2) is 0 Å². The molecule has 8 unspecified atom stereocenters. The van der Waals surface area contributed by atoms with Gasteiger partial charge in [0.25, 0.3) is 0 Å². The molecular formula is C59H109NO4. The molecule has 8 atom stereocenters. The fourth-order valence-corrected chi connectivity index (χ4v) is 13.7. The molecular weight excluding hydrogens is 787 g/mol. The van der Waals surface area contributed by atoms with Crippen LogP contribution in [0.25, 0.3) is 0 Å². The largest absolute Gasteiger partial charge is 0.462 e. The number of carbonyl (C=O) groups is 1. The Labute approximate surface area is 398 Å². The quantitative estimate of drug-likeness (QED) is 0.0269. The van der Waals surface area contributed by atoms with Gasteiger partial charge >= 0.3 is 5.97 Å². The van der Waals surface area contributed by atoms with Gasteiger partial charge in [-0.15, -0.1) is 0 Å². The predicted octanol–water partition coefficient (Wildman–Crippen LogP) is 17.2. The molecule has 3 fully saturated rings. The monoisotopic (exact) mass is 896 g/mol. The van der Waals surface area contributed by atoms with E-state index in [0.29, 0.717) is 17.3 Å². The number of hydrogen-bond donors (Lipinski definition) is 0. The van der Waals surface area contributed by atoms with Crippen LogP contribution in [0.5, 0.6) is 0 Å². The SMILES string of the molecule is CCCCCCCCOC(CCCCCN(CCCC)CCCCCC(=O)OC1CCC2(C)C(=CCC3C2CCC2(C)C(C(C)CCCC(C)C)CCC32)C1)OCCCCCCCC. The Morgan fingerprint density at radius 3 is 1.91 bits per heavy atom. The van der Waals surface area contributed by atoms with E-state index in [4.69, 9.17) is 14.2 Å². The summed E-state index contributed by atoms with van der Waals surface area (Å²) in [5.74, 6) is 5.23. The van der Waals surface area contributed by atoms with Gasteiger partial charge < -0.3 is 19.1 Å². The van der Waals surface area contributed by atoms with Crippen LogP contribution in [0.1, 0.15) is 267 Å². The number of ether oxygens (including phenoxy) is 3. The summed E-state index contributed by atoms with van der Waals surface area (Å²) in [5, 5.41) is 0. The van der Waals surface area contributed by atoms with Crippen LogP contribution in [0.3, 0.4) is 0 Å². The number of fused-ring (bicyclic) bond motifs is 5. The lowest BCUT2D eigenvalue weighted by Gasteiger charge is -2.58. The Kier molecular flexibility index (Phi) is 27.2. The van der Waals surface area contributed by atoms with Gasteiger partial charge in [0, 0.05) is 26.1 Å². The summed E-state index contributed by atoms with van der Waals surface area (Å²) in [4.78, 5) is 15.9. The highest BCUT2D eigenvalue weighted by Crippen LogP contribution is 2.67. The normalized spacial score (nSPS) is 27.2. The van der Waals surface area contributed by atoms with Gasteiger partial charge in [-0.1, -0.05) is 170 Å². The first-order valence-corrected chi connectivity index (χ1v) is 28.9. The first kappa shape index (κ1) is 55.7. The van der Waals surface area contributed by atoms with Crippen molar-refractivity contribution < 1.29 is 19.0 Å². The molecule has 0 aliphatic heterocycles. The fraction of sp³-hybridized carbons (Fsp3) is 0.949. The maximum Gasteiger partial charge on any atom is 0.306 e. The number of rotatable bonds is 37. The molecule has 64 heavy (non-hydrogen) atoms. The highest BCUT2D eigenvalue weighted by molar-refractivity contribution is 5.69. The van der Waals surface area contributed by atoms with E-state index in [-0.39, 0.29) is 18.4 Å². The second-order valence-electron chi connectivity index (χ2n) is 23.2. The fourth-order valence-electron chi connectivity index (χ4n) is 13.7. The van der Waals surface area contributed by atoms with Gasteiger partial charge in [0.05, 0.1) is 0 Å². The highest BCUT2D eigenvalue weighted by atomic mass is 16.7. The van der Waals surface area contributed by atoms with Crippen LogP contribution in [0.15, 0.2) is 11.6 Å². The van der Waals surface area contributed by atoms with Crippen molar-refractivity contribution in [3.63, 3.8) is 0 Å². The number of nitrogens with zero attached hydrogens (tertiary/aromatic N) is 1. The standard InChI is InChI=1S/C59H109NO4/c1-9-12-15-17-19-27-45-62-57(63-46-28-20-18-16-13-10-2)33-24-22-26-44-60(42-14-11-3)43-25-21-23-32-56(61)64-51-38-40-58(7)50(47-51)34-35-52-54-37-36-53(49(6)31-29-30-48(4)5)59(54,8)41-39-55(52)58/h34,48-49,51-55,57H,9-33,35-47H2,1-8H3. The van der Waals surface area contributed by atoms with Crippen molar-refractivity contribution in [2.24, 2.45) is 46.3 Å². The Hall–Kier alpha value is -0.910. The van der Waals surface area contributed by atoms with E-state index >= 15 is 0 Å². The average Bonchev–Trinajstić information content (AvgIpc) is 3.64. The molecule has 0 aromatic rings. The van der Waals surface area contributed by atoms with Gasteiger partial charge in [-0.3, -0.25) is 4.79 Å². The summed E-state index contributed by atoms with van der Waals surface area (Å²) in [7, 11) is 0. The van der Waals surface area contributed by atoms with E-state index in [1.165, 1.54) is 174 Å². The number of esters is 1. The highest BCUT2D eigenvalue weighted by Gasteiger charge is 2.59. The summed E-state index contributed by atoms with van der Waals surface area (Å²) in [6, 6.07) is 0. The van der Waals surface area contributed by atoms with Gasteiger partial charge in [-0.2, -0.15) is 0 Å². The Morgan fingerprint density at radius 2 is 1.25 bits per heavy atom. The van der Waals surface area contributed by atoms with Crippen LogP contribution < -0.4 is 0 Å². The van der Waals surface area contributed by atoms with Crippen LogP contribution in [-0.4, -0.2) is 56.1 Å². The molecule has 0 amide bonds. The molecule has 374 valence electrons. The minimum atomic E-state index is -0.0311. The molecule has 0 bridgehead atoms. The molecule has 0 heterocycles. The topological polar surface area (TPSA) is 48.0 Å². The summed E-state index contributed by atoms with van der Waals surface area (Å²) in [6.45, 7) is 24.8. The zero-order valence-electron chi connectivity index (χ0n) is 44.1. The Balaban J connectivity index is 1.11. The molecule has 0 N–H and O–H groups in total. The van der Waals surface area contributed by atoms with Crippen molar-refractivity contribution in [1.29, 1.82) is 0 Å². The number of allylic oxidation sites excluding steroid dienone is 1. The zero-order valence-corrected chi connectivity index (χ0v) is 44.1. The number of carbonyl (C=O) groups excluding carboxylic acids is 1. The Bertz CT molecular complexity index is 1230.